The van der Waals surface area contributed by atoms with Gasteiger partial charge in [-0.15, -0.1) is 0 Å². The average Bonchev–Trinajstić information content (AvgIpc) is 2.76. The van der Waals surface area contributed by atoms with Crippen LogP contribution in [0, 0.1) is 0 Å². The normalized spacial score (nSPS) is 15.7. The quantitative estimate of drug-likeness (QED) is 0.685. The number of ether oxygens (including phenoxy) is 1. The second-order valence-electron chi connectivity index (χ2n) is 7.46. The monoisotopic (exact) mass is 421 g/mol. The van der Waals surface area contributed by atoms with Crippen LogP contribution < -0.4 is 4.74 Å². The summed E-state index contributed by atoms with van der Waals surface area (Å²) in [7, 11) is 1.73. The summed E-state index contributed by atoms with van der Waals surface area (Å²) in [4.78, 5) is 20.8. The SMILES string of the molecule is CN(C(=O)COc1cccc(C(F)(F)F)c1)C1CCN(CCc2ccccn2)CC1. The smallest absolute Gasteiger partial charge is 0.416 e. The van der Waals surface area contributed by atoms with E-state index in [1.165, 1.54) is 12.1 Å². The highest BCUT2D eigenvalue weighted by Gasteiger charge is 2.31. The molecule has 1 aromatic carbocycles. The predicted molar refractivity (Wildman–Crippen MR) is 107 cm³/mol. The van der Waals surface area contributed by atoms with Gasteiger partial charge in [0.05, 0.1) is 5.56 Å². The molecule has 0 unspecified atom stereocenters. The molecule has 2 heterocycles. The van der Waals surface area contributed by atoms with Crippen molar-refractivity contribution in [1.29, 1.82) is 0 Å². The molecule has 1 aliphatic rings. The van der Waals surface area contributed by atoms with Crippen molar-refractivity contribution < 1.29 is 22.7 Å². The number of carbonyl (C=O) groups is 1. The van der Waals surface area contributed by atoms with Crippen LogP contribution in [0.4, 0.5) is 13.2 Å². The number of carbonyl (C=O) groups excluding carboxylic acids is 1. The minimum absolute atomic E-state index is 0.0379. The zero-order chi connectivity index (χ0) is 21.6. The van der Waals surface area contributed by atoms with Crippen molar-refractivity contribution in [3.05, 3.63) is 59.9 Å². The first-order valence-corrected chi connectivity index (χ1v) is 10.0. The van der Waals surface area contributed by atoms with Crippen LogP contribution in [-0.4, -0.2) is 60.0 Å². The van der Waals surface area contributed by atoms with Gasteiger partial charge in [0.25, 0.3) is 5.91 Å². The molecular formula is C22H26F3N3O2. The first-order valence-electron chi connectivity index (χ1n) is 10.0. The average molecular weight is 421 g/mol. The molecule has 1 aliphatic heterocycles. The van der Waals surface area contributed by atoms with Gasteiger partial charge in [0.2, 0.25) is 0 Å². The van der Waals surface area contributed by atoms with Gasteiger partial charge in [-0.05, 0) is 43.2 Å². The van der Waals surface area contributed by atoms with Crippen LogP contribution in [-0.2, 0) is 17.4 Å². The number of amides is 1. The van der Waals surface area contributed by atoms with Crippen LogP contribution in [0.2, 0.25) is 0 Å². The van der Waals surface area contributed by atoms with Gasteiger partial charge >= 0.3 is 6.18 Å². The molecule has 1 aromatic heterocycles. The van der Waals surface area contributed by atoms with Gasteiger partial charge in [-0.3, -0.25) is 9.78 Å². The molecule has 2 aromatic rings. The number of benzene rings is 1. The highest BCUT2D eigenvalue weighted by Crippen LogP contribution is 2.31. The van der Waals surface area contributed by atoms with E-state index in [1.54, 1.807) is 18.1 Å². The third-order valence-electron chi connectivity index (χ3n) is 5.43. The van der Waals surface area contributed by atoms with E-state index in [0.29, 0.717) is 0 Å². The molecular weight excluding hydrogens is 395 g/mol. The number of alkyl halides is 3. The molecule has 0 bridgehead atoms. The molecule has 30 heavy (non-hydrogen) atoms. The maximum Gasteiger partial charge on any atom is 0.416 e. The number of likely N-dealkylation sites (N-methyl/N-ethyl adjacent to an activating group) is 1. The molecule has 5 nitrogen and oxygen atoms in total. The lowest BCUT2D eigenvalue weighted by atomic mass is 10.0. The van der Waals surface area contributed by atoms with Crippen molar-refractivity contribution in [3.63, 3.8) is 0 Å². The Balaban J connectivity index is 1.42. The fraction of sp³-hybridized carbons (Fsp3) is 0.455. The molecule has 1 fully saturated rings. The van der Waals surface area contributed by atoms with Crippen LogP contribution in [0.15, 0.2) is 48.7 Å². The molecule has 3 rings (SSSR count). The molecule has 1 amide bonds. The van der Waals surface area contributed by atoms with Crippen molar-refractivity contribution in [3.8, 4) is 5.75 Å². The van der Waals surface area contributed by atoms with E-state index in [2.05, 4.69) is 9.88 Å². The lowest BCUT2D eigenvalue weighted by Gasteiger charge is -2.36. The minimum atomic E-state index is -4.44. The van der Waals surface area contributed by atoms with E-state index in [9.17, 15) is 18.0 Å². The predicted octanol–water partition coefficient (Wildman–Crippen LogP) is 3.64. The standard InChI is InChI=1S/C22H26F3N3O2/c1-27(21(29)16-30-20-7-4-5-17(15-20)22(23,24)25)19-9-13-28(14-10-19)12-8-18-6-2-3-11-26-18/h2-7,11,15,19H,8-10,12-14,16H2,1H3. The maximum absolute atomic E-state index is 12.8. The molecule has 0 aliphatic carbocycles. The zero-order valence-electron chi connectivity index (χ0n) is 16.9. The summed E-state index contributed by atoms with van der Waals surface area (Å²) < 4.78 is 43.7. The summed E-state index contributed by atoms with van der Waals surface area (Å²) in [6.45, 7) is 2.44. The van der Waals surface area contributed by atoms with E-state index in [4.69, 9.17) is 4.74 Å². The Labute approximate surface area is 174 Å². The number of aromatic nitrogens is 1. The van der Waals surface area contributed by atoms with E-state index >= 15 is 0 Å². The molecule has 0 atom stereocenters. The Morgan fingerprint density at radius 3 is 2.63 bits per heavy atom. The zero-order valence-corrected chi connectivity index (χ0v) is 16.9. The Kier molecular flexibility index (Phi) is 7.31. The number of likely N-dealkylation sites (tertiary alicyclic amines) is 1. The molecule has 8 heteroatoms. The van der Waals surface area contributed by atoms with Crippen molar-refractivity contribution in [2.45, 2.75) is 31.5 Å². The number of hydrogen-bond donors (Lipinski definition) is 0. The Bertz CT molecular complexity index is 822. The molecule has 0 saturated carbocycles. The second-order valence-corrected chi connectivity index (χ2v) is 7.46. The Morgan fingerprint density at radius 1 is 1.20 bits per heavy atom. The second kappa shape index (κ2) is 9.93. The third-order valence-corrected chi connectivity index (χ3v) is 5.43. The third kappa shape index (κ3) is 6.19. The first kappa shape index (κ1) is 22.1. The highest BCUT2D eigenvalue weighted by molar-refractivity contribution is 5.77. The number of halogens is 3. The van der Waals surface area contributed by atoms with Gasteiger partial charge in [-0.1, -0.05) is 12.1 Å². The molecule has 162 valence electrons. The van der Waals surface area contributed by atoms with Crippen LogP contribution in [0.1, 0.15) is 24.1 Å². The summed E-state index contributed by atoms with van der Waals surface area (Å²) >= 11 is 0. The van der Waals surface area contributed by atoms with Crippen molar-refractivity contribution >= 4 is 5.91 Å². The van der Waals surface area contributed by atoms with Crippen LogP contribution in [0.25, 0.3) is 0 Å². The minimum Gasteiger partial charge on any atom is -0.484 e. The summed E-state index contributed by atoms with van der Waals surface area (Å²) in [5, 5.41) is 0. The van der Waals surface area contributed by atoms with Crippen molar-refractivity contribution in [2.75, 3.05) is 33.3 Å². The van der Waals surface area contributed by atoms with Gasteiger partial charge in [-0.2, -0.15) is 13.2 Å². The number of pyridine rings is 1. The highest BCUT2D eigenvalue weighted by atomic mass is 19.4. The fourth-order valence-corrected chi connectivity index (χ4v) is 3.56. The van der Waals surface area contributed by atoms with Gasteiger partial charge in [-0.25, -0.2) is 0 Å². The number of piperidine rings is 1. The summed E-state index contributed by atoms with van der Waals surface area (Å²) in [6.07, 6.45) is -0.0402. The largest absolute Gasteiger partial charge is 0.484 e. The Hall–Kier alpha value is -2.61. The topological polar surface area (TPSA) is 45.7 Å². The molecule has 1 saturated heterocycles. The van der Waals surface area contributed by atoms with Gasteiger partial charge < -0.3 is 14.5 Å². The summed E-state index contributed by atoms with van der Waals surface area (Å²) in [5.74, 6) is -0.199. The van der Waals surface area contributed by atoms with E-state index in [1.807, 2.05) is 18.2 Å². The molecule has 0 N–H and O–H groups in total. The van der Waals surface area contributed by atoms with E-state index in [0.717, 1.165) is 56.7 Å². The Morgan fingerprint density at radius 2 is 1.97 bits per heavy atom. The van der Waals surface area contributed by atoms with Crippen LogP contribution >= 0.6 is 0 Å². The summed E-state index contributed by atoms with van der Waals surface area (Å²) in [6, 6.07) is 10.6. The maximum atomic E-state index is 12.8. The number of rotatable bonds is 7. The number of hydrogen-bond acceptors (Lipinski definition) is 4. The summed E-state index contributed by atoms with van der Waals surface area (Å²) in [5.41, 5.74) is 0.275. The van der Waals surface area contributed by atoms with Crippen LogP contribution in [0.3, 0.4) is 0 Å². The van der Waals surface area contributed by atoms with Crippen LogP contribution in [0.5, 0.6) is 5.75 Å². The van der Waals surface area contributed by atoms with E-state index in [-0.39, 0.29) is 24.3 Å². The van der Waals surface area contributed by atoms with E-state index < -0.39 is 11.7 Å². The van der Waals surface area contributed by atoms with Crippen molar-refractivity contribution in [2.24, 2.45) is 0 Å². The lowest BCUT2D eigenvalue weighted by molar-refractivity contribution is -0.137. The fourth-order valence-electron chi connectivity index (χ4n) is 3.56. The lowest BCUT2D eigenvalue weighted by Crippen LogP contribution is -2.47. The van der Waals surface area contributed by atoms with Gasteiger partial charge in [0.15, 0.2) is 6.61 Å². The van der Waals surface area contributed by atoms with Crippen molar-refractivity contribution in [1.82, 2.24) is 14.8 Å². The molecule has 0 spiro atoms. The van der Waals surface area contributed by atoms with Gasteiger partial charge in [0.1, 0.15) is 5.75 Å². The number of nitrogens with zero attached hydrogens (tertiary/aromatic N) is 3. The molecule has 0 radical (unpaired) electrons. The van der Waals surface area contributed by atoms with Gasteiger partial charge in [0, 0.05) is 51.0 Å². The first-order chi connectivity index (χ1) is 14.3.